The van der Waals surface area contributed by atoms with Gasteiger partial charge in [-0.1, -0.05) is 47.6 Å². The summed E-state index contributed by atoms with van der Waals surface area (Å²) in [5.74, 6) is 0. The molecule has 0 atom stereocenters. The topological polar surface area (TPSA) is 53.6 Å². The van der Waals surface area contributed by atoms with Gasteiger partial charge in [0, 0.05) is 22.0 Å². The fraction of sp³-hybridized carbons (Fsp3) is 0.333. The molecule has 0 saturated heterocycles. The van der Waals surface area contributed by atoms with Crippen molar-refractivity contribution in [1.29, 1.82) is 0 Å². The minimum Gasteiger partial charge on any atom is -0.310 e. The molecule has 96 valence electrons. The summed E-state index contributed by atoms with van der Waals surface area (Å²) in [4.78, 5) is 5.22. The lowest BCUT2D eigenvalue weighted by Gasteiger charge is -2.10. The van der Waals surface area contributed by atoms with Crippen molar-refractivity contribution < 1.29 is 0 Å². The number of hydrogen-bond donors (Lipinski definition) is 2. The summed E-state index contributed by atoms with van der Waals surface area (Å²) in [6.07, 6.45) is 1.51. The van der Waals surface area contributed by atoms with Crippen LogP contribution in [0.4, 0.5) is 0 Å². The third-order valence-electron chi connectivity index (χ3n) is 2.33. The van der Waals surface area contributed by atoms with Crippen LogP contribution < -0.4 is 5.32 Å². The Kier molecular flexibility index (Phi) is 4.79. The first kappa shape index (κ1) is 13.6. The van der Waals surface area contributed by atoms with E-state index in [0.29, 0.717) is 6.04 Å². The minimum atomic E-state index is 0.486. The molecule has 2 N–H and O–H groups in total. The van der Waals surface area contributed by atoms with Gasteiger partial charge in [-0.2, -0.15) is 5.10 Å². The maximum atomic E-state index is 4.09. The van der Waals surface area contributed by atoms with E-state index in [9.17, 15) is 0 Å². The molecule has 1 heterocycles. The molecule has 0 spiro atoms. The van der Waals surface area contributed by atoms with E-state index in [1.807, 2.05) is 0 Å². The number of nitrogens with zero attached hydrogens (tertiary/aromatic N) is 2. The fourth-order valence-corrected chi connectivity index (χ4v) is 2.81. The van der Waals surface area contributed by atoms with E-state index in [4.69, 9.17) is 0 Å². The molecule has 0 aliphatic rings. The monoisotopic (exact) mass is 326 g/mol. The third kappa shape index (κ3) is 3.83. The van der Waals surface area contributed by atoms with Crippen molar-refractivity contribution >= 4 is 27.7 Å². The van der Waals surface area contributed by atoms with Crippen LogP contribution in [0.25, 0.3) is 0 Å². The van der Waals surface area contributed by atoms with E-state index in [0.717, 1.165) is 21.1 Å². The van der Waals surface area contributed by atoms with E-state index in [1.54, 1.807) is 11.8 Å². The van der Waals surface area contributed by atoms with Crippen LogP contribution in [-0.4, -0.2) is 21.2 Å². The summed E-state index contributed by atoms with van der Waals surface area (Å²) in [6, 6.07) is 6.80. The lowest BCUT2D eigenvalue weighted by atomic mass is 10.2. The zero-order valence-corrected chi connectivity index (χ0v) is 12.7. The van der Waals surface area contributed by atoms with Gasteiger partial charge in [0.25, 0.3) is 0 Å². The van der Waals surface area contributed by atoms with E-state index in [2.05, 4.69) is 68.5 Å². The zero-order chi connectivity index (χ0) is 13.0. The predicted molar refractivity (Wildman–Crippen MR) is 76.6 cm³/mol. The molecule has 0 radical (unpaired) electrons. The summed E-state index contributed by atoms with van der Waals surface area (Å²) in [6.45, 7) is 5.15. The fourth-order valence-electron chi connectivity index (χ4n) is 1.40. The molecule has 4 nitrogen and oxygen atoms in total. The first-order valence-corrected chi connectivity index (χ1v) is 7.31. The van der Waals surface area contributed by atoms with Gasteiger partial charge in [-0.05, 0) is 17.7 Å². The number of nitrogens with one attached hydrogen (secondary N) is 2. The standard InChI is InChI=1S/C12H15BrN4S/c1-8(2)14-6-9-3-4-10(5-11(9)13)18-12-15-7-16-17-12/h3-5,7-8,14H,6H2,1-2H3,(H,15,16,17). The molecular weight excluding hydrogens is 312 g/mol. The first-order chi connectivity index (χ1) is 8.65. The van der Waals surface area contributed by atoms with E-state index < -0.39 is 0 Å². The normalized spacial score (nSPS) is 11.1. The van der Waals surface area contributed by atoms with Crippen LogP contribution in [0.1, 0.15) is 19.4 Å². The van der Waals surface area contributed by atoms with Crippen LogP contribution in [0.5, 0.6) is 0 Å². The Morgan fingerprint density at radius 1 is 1.44 bits per heavy atom. The maximum absolute atomic E-state index is 4.09. The van der Waals surface area contributed by atoms with Crippen molar-refractivity contribution in [2.24, 2.45) is 0 Å². The Labute approximate surface area is 119 Å². The molecule has 0 saturated carbocycles. The Morgan fingerprint density at radius 2 is 2.28 bits per heavy atom. The highest BCUT2D eigenvalue weighted by Crippen LogP contribution is 2.28. The van der Waals surface area contributed by atoms with Crippen molar-refractivity contribution in [1.82, 2.24) is 20.5 Å². The van der Waals surface area contributed by atoms with Crippen LogP contribution in [0.15, 0.2) is 39.1 Å². The zero-order valence-electron chi connectivity index (χ0n) is 10.3. The van der Waals surface area contributed by atoms with Gasteiger partial charge in [0.05, 0.1) is 0 Å². The van der Waals surface area contributed by atoms with Gasteiger partial charge < -0.3 is 5.32 Å². The lowest BCUT2D eigenvalue weighted by molar-refractivity contribution is 0.587. The van der Waals surface area contributed by atoms with Gasteiger partial charge in [-0.15, -0.1) is 0 Å². The van der Waals surface area contributed by atoms with Crippen LogP contribution >= 0.6 is 27.7 Å². The van der Waals surface area contributed by atoms with Crippen molar-refractivity contribution in [3.8, 4) is 0 Å². The summed E-state index contributed by atoms with van der Waals surface area (Å²) in [7, 11) is 0. The molecular formula is C12H15BrN4S. The van der Waals surface area contributed by atoms with E-state index in [1.165, 1.54) is 11.9 Å². The van der Waals surface area contributed by atoms with E-state index >= 15 is 0 Å². The number of aromatic nitrogens is 3. The number of H-pyrrole nitrogens is 1. The van der Waals surface area contributed by atoms with E-state index in [-0.39, 0.29) is 0 Å². The number of rotatable bonds is 5. The predicted octanol–water partition coefficient (Wildman–Crippen LogP) is 3.22. The summed E-state index contributed by atoms with van der Waals surface area (Å²) >= 11 is 5.16. The van der Waals surface area contributed by atoms with Gasteiger partial charge in [-0.25, -0.2) is 4.98 Å². The highest BCUT2D eigenvalue weighted by atomic mass is 79.9. The van der Waals surface area contributed by atoms with Gasteiger partial charge in [0.1, 0.15) is 6.33 Å². The number of halogens is 1. The average molecular weight is 327 g/mol. The number of aromatic amines is 1. The number of hydrogen-bond acceptors (Lipinski definition) is 4. The number of benzene rings is 1. The molecule has 0 fully saturated rings. The molecule has 1 aromatic carbocycles. The molecule has 6 heteroatoms. The largest absolute Gasteiger partial charge is 0.310 e. The Morgan fingerprint density at radius 3 is 2.89 bits per heavy atom. The quantitative estimate of drug-likeness (QED) is 0.885. The van der Waals surface area contributed by atoms with Gasteiger partial charge in [0.2, 0.25) is 0 Å². The molecule has 0 aliphatic carbocycles. The molecule has 0 amide bonds. The summed E-state index contributed by atoms with van der Waals surface area (Å²) < 4.78 is 1.11. The van der Waals surface area contributed by atoms with Crippen molar-refractivity contribution in [3.05, 3.63) is 34.6 Å². The average Bonchev–Trinajstić information content (AvgIpc) is 2.80. The Balaban J connectivity index is 2.05. The van der Waals surface area contributed by atoms with Crippen LogP contribution in [0.3, 0.4) is 0 Å². The van der Waals surface area contributed by atoms with Crippen LogP contribution in [0.2, 0.25) is 0 Å². The second kappa shape index (κ2) is 6.36. The molecule has 0 aliphatic heterocycles. The van der Waals surface area contributed by atoms with Gasteiger partial charge in [-0.3, -0.25) is 5.10 Å². The smallest absolute Gasteiger partial charge is 0.188 e. The SMILES string of the molecule is CC(C)NCc1ccc(Sc2ncn[nH]2)cc1Br. The first-order valence-electron chi connectivity index (χ1n) is 5.70. The Bertz CT molecular complexity index is 499. The lowest BCUT2D eigenvalue weighted by Crippen LogP contribution is -2.21. The summed E-state index contributed by atoms with van der Waals surface area (Å²) in [5, 5.41) is 10.9. The van der Waals surface area contributed by atoms with Crippen LogP contribution in [0, 0.1) is 0 Å². The maximum Gasteiger partial charge on any atom is 0.188 e. The van der Waals surface area contributed by atoms with Crippen LogP contribution in [-0.2, 0) is 6.54 Å². The Hall–Kier alpha value is -0.850. The highest BCUT2D eigenvalue weighted by Gasteiger charge is 2.05. The van der Waals surface area contributed by atoms with Gasteiger partial charge >= 0.3 is 0 Å². The molecule has 18 heavy (non-hydrogen) atoms. The third-order valence-corrected chi connectivity index (χ3v) is 3.95. The highest BCUT2D eigenvalue weighted by molar-refractivity contribution is 9.10. The molecule has 2 aromatic rings. The van der Waals surface area contributed by atoms with Crippen molar-refractivity contribution in [2.75, 3.05) is 0 Å². The minimum absolute atomic E-state index is 0.486. The molecule has 1 aromatic heterocycles. The van der Waals surface area contributed by atoms with Crippen molar-refractivity contribution in [2.45, 2.75) is 36.5 Å². The van der Waals surface area contributed by atoms with Crippen molar-refractivity contribution in [3.63, 3.8) is 0 Å². The molecule has 0 unspecified atom stereocenters. The second-order valence-electron chi connectivity index (χ2n) is 4.18. The second-order valence-corrected chi connectivity index (χ2v) is 6.10. The summed E-state index contributed by atoms with van der Waals surface area (Å²) in [5.41, 5.74) is 1.26. The molecule has 2 rings (SSSR count). The van der Waals surface area contributed by atoms with Gasteiger partial charge in [0.15, 0.2) is 5.16 Å². The molecule has 0 bridgehead atoms.